The molecule has 0 spiro atoms. The first kappa shape index (κ1) is 14.4. The molecule has 1 amide bonds. The van der Waals surface area contributed by atoms with Crippen molar-refractivity contribution in [1.82, 2.24) is 5.32 Å². The number of nitrogens with one attached hydrogen (secondary N) is 1. The first-order valence-electron chi connectivity index (χ1n) is 6.32. The first-order valence-corrected chi connectivity index (χ1v) is 7.13. The minimum Gasteiger partial charge on any atom is -0.497 e. The van der Waals surface area contributed by atoms with Crippen LogP contribution in [0, 0.1) is 6.92 Å². The summed E-state index contributed by atoms with van der Waals surface area (Å²) in [6, 6.07) is 9.09. The number of ether oxygens (including phenoxy) is 1. The Balaban J connectivity index is 2.12. The lowest BCUT2D eigenvalue weighted by Crippen LogP contribution is -2.26. The van der Waals surface area contributed by atoms with Crippen LogP contribution in [-0.2, 0) is 0 Å². The van der Waals surface area contributed by atoms with E-state index in [9.17, 15) is 4.79 Å². The molecule has 20 heavy (non-hydrogen) atoms. The number of hydrogen-bond donors (Lipinski definition) is 2. The summed E-state index contributed by atoms with van der Waals surface area (Å²) in [6.07, 6.45) is 0. The number of rotatable bonds is 4. The molecule has 0 radical (unpaired) electrons. The Hall–Kier alpha value is -2.01. The van der Waals surface area contributed by atoms with Gasteiger partial charge in [0.2, 0.25) is 0 Å². The predicted molar refractivity (Wildman–Crippen MR) is 82.3 cm³/mol. The molecule has 106 valence electrons. The highest BCUT2D eigenvalue weighted by atomic mass is 32.1. The largest absolute Gasteiger partial charge is 0.497 e. The maximum absolute atomic E-state index is 12.2. The second kappa shape index (κ2) is 5.96. The Morgan fingerprint density at radius 1 is 1.35 bits per heavy atom. The molecule has 3 N–H and O–H groups in total. The summed E-state index contributed by atoms with van der Waals surface area (Å²) >= 11 is 1.68. The van der Waals surface area contributed by atoms with Crippen LogP contribution in [0.25, 0.3) is 0 Å². The van der Waals surface area contributed by atoms with Gasteiger partial charge in [-0.2, -0.15) is 0 Å². The second-order valence-corrected chi connectivity index (χ2v) is 5.92. The summed E-state index contributed by atoms with van der Waals surface area (Å²) in [7, 11) is 1.57. The molecular weight excluding hydrogens is 272 g/mol. The zero-order valence-electron chi connectivity index (χ0n) is 11.8. The molecule has 1 aromatic heterocycles. The molecule has 0 saturated carbocycles. The maximum Gasteiger partial charge on any atom is 0.253 e. The van der Waals surface area contributed by atoms with Crippen molar-refractivity contribution in [3.05, 3.63) is 45.6 Å². The van der Waals surface area contributed by atoms with Crippen molar-refractivity contribution in [1.29, 1.82) is 0 Å². The highest BCUT2D eigenvalue weighted by molar-refractivity contribution is 7.12. The van der Waals surface area contributed by atoms with Gasteiger partial charge in [-0.05, 0) is 38.1 Å². The molecule has 4 nitrogen and oxygen atoms in total. The van der Waals surface area contributed by atoms with Crippen LogP contribution in [0.15, 0.2) is 30.3 Å². The average Bonchev–Trinajstić information content (AvgIpc) is 2.85. The van der Waals surface area contributed by atoms with Gasteiger partial charge in [-0.1, -0.05) is 0 Å². The Bertz CT molecular complexity index is 622. The van der Waals surface area contributed by atoms with Crippen LogP contribution >= 0.6 is 11.3 Å². The number of carbonyl (C=O) groups is 1. The van der Waals surface area contributed by atoms with E-state index in [4.69, 9.17) is 10.5 Å². The fourth-order valence-corrected chi connectivity index (χ4v) is 2.79. The summed E-state index contributed by atoms with van der Waals surface area (Å²) in [4.78, 5) is 14.6. The predicted octanol–water partition coefficient (Wildman–Crippen LogP) is 3.14. The standard InChI is InChI=1S/C15H18N2O2S/c1-9-4-7-14(20-9)10(2)17-15(18)12-6-5-11(19-3)8-13(12)16/h4-8,10H,16H2,1-3H3,(H,17,18). The van der Waals surface area contributed by atoms with Gasteiger partial charge in [-0.15, -0.1) is 11.3 Å². The molecule has 1 unspecified atom stereocenters. The fraction of sp³-hybridized carbons (Fsp3) is 0.267. The monoisotopic (exact) mass is 290 g/mol. The van der Waals surface area contributed by atoms with Crippen molar-refractivity contribution in [3.8, 4) is 5.75 Å². The van der Waals surface area contributed by atoms with Crippen LogP contribution in [0.3, 0.4) is 0 Å². The van der Waals surface area contributed by atoms with Gasteiger partial charge >= 0.3 is 0 Å². The summed E-state index contributed by atoms with van der Waals surface area (Å²) in [5, 5.41) is 2.95. The number of amides is 1. The third-order valence-electron chi connectivity index (χ3n) is 3.04. The van der Waals surface area contributed by atoms with Crippen molar-refractivity contribution in [2.45, 2.75) is 19.9 Å². The van der Waals surface area contributed by atoms with Crippen molar-refractivity contribution >= 4 is 22.9 Å². The molecule has 0 aliphatic heterocycles. The van der Waals surface area contributed by atoms with E-state index in [0.717, 1.165) is 4.88 Å². The van der Waals surface area contributed by atoms with Crippen LogP contribution < -0.4 is 15.8 Å². The van der Waals surface area contributed by atoms with Crippen LogP contribution in [0.1, 0.15) is 33.1 Å². The van der Waals surface area contributed by atoms with Crippen LogP contribution in [0.2, 0.25) is 0 Å². The lowest BCUT2D eigenvalue weighted by atomic mass is 10.1. The van der Waals surface area contributed by atoms with E-state index >= 15 is 0 Å². The summed E-state index contributed by atoms with van der Waals surface area (Å²) in [5.74, 6) is 0.463. The van der Waals surface area contributed by atoms with Gasteiger partial charge in [0.05, 0.1) is 18.7 Å². The molecule has 0 aliphatic carbocycles. The smallest absolute Gasteiger partial charge is 0.253 e. The van der Waals surface area contributed by atoms with Gasteiger partial charge in [0.25, 0.3) is 5.91 Å². The van der Waals surface area contributed by atoms with Crippen molar-refractivity contribution in [3.63, 3.8) is 0 Å². The Kier molecular flexibility index (Phi) is 4.29. The van der Waals surface area contributed by atoms with Crippen LogP contribution in [0.5, 0.6) is 5.75 Å². The van der Waals surface area contributed by atoms with E-state index in [1.807, 2.05) is 26.0 Å². The lowest BCUT2D eigenvalue weighted by molar-refractivity contribution is 0.0941. The number of nitrogen functional groups attached to an aromatic ring is 1. The van der Waals surface area contributed by atoms with E-state index in [-0.39, 0.29) is 11.9 Å². The minimum atomic E-state index is -0.177. The highest BCUT2D eigenvalue weighted by Gasteiger charge is 2.15. The normalized spacial score (nSPS) is 11.9. The SMILES string of the molecule is COc1ccc(C(=O)NC(C)c2ccc(C)s2)c(N)c1. The summed E-state index contributed by atoms with van der Waals surface area (Å²) in [5.41, 5.74) is 6.76. The van der Waals surface area contributed by atoms with E-state index in [0.29, 0.717) is 17.0 Å². The van der Waals surface area contributed by atoms with Crippen LogP contribution in [0.4, 0.5) is 5.69 Å². The zero-order chi connectivity index (χ0) is 14.7. The van der Waals surface area contributed by atoms with Gasteiger partial charge in [0, 0.05) is 21.5 Å². The number of benzene rings is 1. The van der Waals surface area contributed by atoms with Crippen molar-refractivity contribution < 1.29 is 9.53 Å². The molecule has 5 heteroatoms. The van der Waals surface area contributed by atoms with E-state index in [2.05, 4.69) is 5.32 Å². The fourth-order valence-electron chi connectivity index (χ4n) is 1.91. The molecule has 1 atom stereocenters. The quantitative estimate of drug-likeness (QED) is 0.850. The zero-order valence-corrected chi connectivity index (χ0v) is 12.6. The van der Waals surface area contributed by atoms with Gasteiger partial charge in [-0.3, -0.25) is 4.79 Å². The Morgan fingerprint density at radius 2 is 2.10 bits per heavy atom. The first-order chi connectivity index (χ1) is 9.51. The van der Waals surface area contributed by atoms with Gasteiger partial charge in [-0.25, -0.2) is 0 Å². The Labute approximate surface area is 122 Å². The molecular formula is C15H18N2O2S. The molecule has 0 aliphatic rings. The van der Waals surface area contributed by atoms with Gasteiger partial charge < -0.3 is 15.8 Å². The average molecular weight is 290 g/mol. The molecule has 0 saturated heterocycles. The second-order valence-electron chi connectivity index (χ2n) is 4.60. The molecule has 0 bridgehead atoms. The number of anilines is 1. The number of methoxy groups -OCH3 is 1. The molecule has 0 fully saturated rings. The van der Waals surface area contributed by atoms with Crippen molar-refractivity contribution in [2.24, 2.45) is 0 Å². The van der Waals surface area contributed by atoms with Gasteiger partial charge in [0.1, 0.15) is 5.75 Å². The summed E-state index contributed by atoms with van der Waals surface area (Å²) < 4.78 is 5.07. The lowest BCUT2D eigenvalue weighted by Gasteiger charge is -2.14. The molecule has 1 heterocycles. The van der Waals surface area contributed by atoms with Crippen LogP contribution in [-0.4, -0.2) is 13.0 Å². The molecule has 1 aromatic carbocycles. The number of aryl methyl sites for hydroxylation is 1. The number of carbonyl (C=O) groups excluding carboxylic acids is 1. The van der Waals surface area contributed by atoms with E-state index in [1.165, 1.54) is 4.88 Å². The van der Waals surface area contributed by atoms with E-state index < -0.39 is 0 Å². The minimum absolute atomic E-state index is 0.0392. The Morgan fingerprint density at radius 3 is 2.65 bits per heavy atom. The number of thiophene rings is 1. The highest BCUT2D eigenvalue weighted by Crippen LogP contribution is 2.24. The molecule has 2 rings (SSSR count). The summed E-state index contributed by atoms with van der Waals surface area (Å²) in [6.45, 7) is 4.01. The maximum atomic E-state index is 12.2. The third kappa shape index (κ3) is 3.11. The number of nitrogens with two attached hydrogens (primary N) is 1. The van der Waals surface area contributed by atoms with Gasteiger partial charge in [0.15, 0.2) is 0 Å². The molecule has 2 aromatic rings. The third-order valence-corrected chi connectivity index (χ3v) is 4.22. The number of hydrogen-bond acceptors (Lipinski definition) is 4. The topological polar surface area (TPSA) is 64.3 Å². The van der Waals surface area contributed by atoms with E-state index in [1.54, 1.807) is 36.6 Å². The van der Waals surface area contributed by atoms with Crippen molar-refractivity contribution in [2.75, 3.05) is 12.8 Å².